The molecule has 17 heavy (non-hydrogen) atoms. The van der Waals surface area contributed by atoms with Crippen molar-refractivity contribution in [2.45, 2.75) is 20.4 Å². The molecule has 2 rings (SSSR count). The Labute approximate surface area is 103 Å². The number of aryl methyl sites for hydroxylation is 1. The summed E-state index contributed by atoms with van der Waals surface area (Å²) in [5, 5.41) is 0.158. The first-order valence-corrected chi connectivity index (χ1v) is 5.60. The topological polar surface area (TPSA) is 69.9 Å². The van der Waals surface area contributed by atoms with Crippen molar-refractivity contribution in [3.8, 4) is 0 Å². The molecule has 0 aliphatic heterocycles. The second-order valence-electron chi connectivity index (χ2n) is 3.26. The molecule has 0 saturated heterocycles. The number of carbonyl (C=O) groups is 1. The van der Waals surface area contributed by atoms with Gasteiger partial charge in [-0.15, -0.1) is 0 Å². The van der Waals surface area contributed by atoms with Crippen molar-refractivity contribution in [1.82, 2.24) is 19.5 Å². The molecule has 2 aromatic heterocycles. The van der Waals surface area contributed by atoms with Crippen LogP contribution in [0.1, 0.15) is 24.5 Å². The van der Waals surface area contributed by atoms with Gasteiger partial charge in [-0.25, -0.2) is 19.7 Å². The zero-order valence-corrected chi connectivity index (χ0v) is 10.2. The molecule has 0 aliphatic carbocycles. The summed E-state index contributed by atoms with van der Waals surface area (Å²) >= 11 is 5.94. The average Bonchev–Trinajstić information content (AvgIpc) is 2.72. The quantitative estimate of drug-likeness (QED) is 0.616. The highest BCUT2D eigenvalue weighted by Gasteiger charge is 2.16. The van der Waals surface area contributed by atoms with E-state index in [4.69, 9.17) is 16.3 Å². The first kappa shape index (κ1) is 11.8. The first-order chi connectivity index (χ1) is 8.17. The fourth-order valence-electron chi connectivity index (χ4n) is 1.43. The van der Waals surface area contributed by atoms with Crippen molar-refractivity contribution in [3.63, 3.8) is 0 Å². The smallest absolute Gasteiger partial charge is 0.376 e. The summed E-state index contributed by atoms with van der Waals surface area (Å²) in [5.74, 6) is -0.625. The molecule has 0 amide bonds. The summed E-state index contributed by atoms with van der Waals surface area (Å²) in [5.41, 5.74) is 1.03. The molecule has 7 heteroatoms. The Morgan fingerprint density at radius 1 is 1.47 bits per heavy atom. The van der Waals surface area contributed by atoms with Crippen LogP contribution in [-0.2, 0) is 11.3 Å². The van der Waals surface area contributed by atoms with E-state index in [2.05, 4.69) is 15.0 Å². The van der Waals surface area contributed by atoms with Crippen LogP contribution in [0.5, 0.6) is 0 Å². The molecule has 0 bridgehead atoms. The van der Waals surface area contributed by atoms with Crippen molar-refractivity contribution in [2.24, 2.45) is 0 Å². The van der Waals surface area contributed by atoms with Gasteiger partial charge in [0.15, 0.2) is 10.8 Å². The van der Waals surface area contributed by atoms with Crippen molar-refractivity contribution in [1.29, 1.82) is 0 Å². The van der Waals surface area contributed by atoms with E-state index in [1.807, 2.05) is 6.92 Å². The standard InChI is InChI=1S/C10H11ClN4O2/c1-3-15-5-12-6-7(11)13-8(14-9(6)15)10(16)17-4-2/h5H,3-4H2,1-2H3. The summed E-state index contributed by atoms with van der Waals surface area (Å²) in [6, 6.07) is 0. The number of nitrogens with zero attached hydrogens (tertiary/aromatic N) is 4. The normalized spacial score (nSPS) is 10.8. The molecule has 90 valence electrons. The second-order valence-corrected chi connectivity index (χ2v) is 3.62. The summed E-state index contributed by atoms with van der Waals surface area (Å²) in [6.45, 7) is 4.62. The van der Waals surface area contributed by atoms with E-state index < -0.39 is 5.97 Å². The highest BCUT2D eigenvalue weighted by atomic mass is 35.5. The predicted molar refractivity (Wildman–Crippen MR) is 62.0 cm³/mol. The molecule has 0 fully saturated rings. The molecule has 0 radical (unpaired) electrons. The average molecular weight is 255 g/mol. The lowest BCUT2D eigenvalue weighted by Crippen LogP contribution is -2.11. The Hall–Kier alpha value is -1.69. The van der Waals surface area contributed by atoms with Gasteiger partial charge >= 0.3 is 5.97 Å². The van der Waals surface area contributed by atoms with E-state index in [1.165, 1.54) is 0 Å². The number of fused-ring (bicyclic) bond motifs is 1. The third kappa shape index (κ3) is 2.08. The Bertz CT molecular complexity index is 567. The number of halogens is 1. The van der Waals surface area contributed by atoms with Gasteiger partial charge in [-0.1, -0.05) is 11.6 Å². The number of aromatic nitrogens is 4. The van der Waals surface area contributed by atoms with Crippen LogP contribution in [0, 0.1) is 0 Å². The third-order valence-electron chi connectivity index (χ3n) is 2.22. The molecule has 0 saturated carbocycles. The monoisotopic (exact) mass is 254 g/mol. The summed E-state index contributed by atoms with van der Waals surface area (Å²) in [6.07, 6.45) is 1.61. The number of imidazole rings is 1. The molecule has 0 spiro atoms. The fourth-order valence-corrected chi connectivity index (χ4v) is 1.64. The van der Waals surface area contributed by atoms with Gasteiger partial charge in [0.2, 0.25) is 5.82 Å². The van der Waals surface area contributed by atoms with Gasteiger partial charge in [-0.05, 0) is 13.8 Å². The molecule has 2 heterocycles. The number of hydrogen-bond donors (Lipinski definition) is 0. The van der Waals surface area contributed by atoms with Crippen LogP contribution in [0.3, 0.4) is 0 Å². The minimum atomic E-state index is -0.583. The van der Waals surface area contributed by atoms with Gasteiger partial charge in [0.05, 0.1) is 12.9 Å². The first-order valence-electron chi connectivity index (χ1n) is 5.22. The van der Waals surface area contributed by atoms with E-state index in [0.29, 0.717) is 17.7 Å². The molecule has 0 aliphatic rings. The number of rotatable bonds is 3. The molecular formula is C10H11ClN4O2. The van der Waals surface area contributed by atoms with Crippen LogP contribution >= 0.6 is 11.6 Å². The highest BCUT2D eigenvalue weighted by molar-refractivity contribution is 6.33. The largest absolute Gasteiger partial charge is 0.460 e. The maximum atomic E-state index is 11.5. The van der Waals surface area contributed by atoms with E-state index in [1.54, 1.807) is 17.8 Å². The van der Waals surface area contributed by atoms with Gasteiger partial charge in [0, 0.05) is 6.54 Å². The maximum absolute atomic E-state index is 11.5. The number of esters is 1. The fraction of sp³-hybridized carbons (Fsp3) is 0.400. The summed E-state index contributed by atoms with van der Waals surface area (Å²) in [7, 11) is 0. The van der Waals surface area contributed by atoms with Gasteiger partial charge in [0.1, 0.15) is 5.52 Å². The van der Waals surface area contributed by atoms with E-state index in [-0.39, 0.29) is 17.6 Å². The van der Waals surface area contributed by atoms with Crippen LogP contribution in [0.15, 0.2) is 6.33 Å². The number of carbonyl (C=O) groups excluding carboxylic acids is 1. The highest BCUT2D eigenvalue weighted by Crippen LogP contribution is 2.18. The van der Waals surface area contributed by atoms with Crippen LogP contribution in [0.4, 0.5) is 0 Å². The molecule has 0 N–H and O–H groups in total. The van der Waals surface area contributed by atoms with E-state index >= 15 is 0 Å². The Kier molecular flexibility index (Phi) is 3.23. The Morgan fingerprint density at radius 2 is 2.24 bits per heavy atom. The zero-order chi connectivity index (χ0) is 12.4. The number of ether oxygens (including phenoxy) is 1. The molecule has 0 aromatic carbocycles. The lowest BCUT2D eigenvalue weighted by molar-refractivity contribution is 0.0512. The molecule has 0 atom stereocenters. The Morgan fingerprint density at radius 3 is 2.88 bits per heavy atom. The second kappa shape index (κ2) is 4.67. The van der Waals surface area contributed by atoms with E-state index in [0.717, 1.165) is 0 Å². The summed E-state index contributed by atoms with van der Waals surface area (Å²) < 4.78 is 6.61. The third-order valence-corrected chi connectivity index (χ3v) is 2.48. The summed E-state index contributed by atoms with van der Waals surface area (Å²) in [4.78, 5) is 23.6. The zero-order valence-electron chi connectivity index (χ0n) is 9.47. The van der Waals surface area contributed by atoms with Crippen LogP contribution < -0.4 is 0 Å². The minimum Gasteiger partial charge on any atom is -0.460 e. The minimum absolute atomic E-state index is 0.0421. The number of hydrogen-bond acceptors (Lipinski definition) is 5. The lowest BCUT2D eigenvalue weighted by Gasteiger charge is -2.02. The van der Waals surface area contributed by atoms with Crippen LogP contribution in [0.25, 0.3) is 11.2 Å². The maximum Gasteiger partial charge on any atom is 0.376 e. The van der Waals surface area contributed by atoms with Crippen molar-refractivity contribution >= 4 is 28.7 Å². The Balaban J connectivity index is 2.56. The van der Waals surface area contributed by atoms with Gasteiger partial charge in [-0.2, -0.15) is 0 Å². The van der Waals surface area contributed by atoms with Crippen molar-refractivity contribution < 1.29 is 9.53 Å². The van der Waals surface area contributed by atoms with Crippen LogP contribution in [0.2, 0.25) is 5.15 Å². The van der Waals surface area contributed by atoms with Gasteiger partial charge < -0.3 is 9.30 Å². The molecule has 0 unspecified atom stereocenters. The molecule has 6 nitrogen and oxygen atoms in total. The molecular weight excluding hydrogens is 244 g/mol. The van der Waals surface area contributed by atoms with Gasteiger partial charge in [-0.3, -0.25) is 0 Å². The van der Waals surface area contributed by atoms with Crippen LogP contribution in [-0.4, -0.2) is 32.1 Å². The molecule has 2 aromatic rings. The lowest BCUT2D eigenvalue weighted by atomic mass is 10.5. The van der Waals surface area contributed by atoms with Crippen molar-refractivity contribution in [2.75, 3.05) is 6.61 Å². The van der Waals surface area contributed by atoms with E-state index in [9.17, 15) is 4.79 Å². The van der Waals surface area contributed by atoms with Crippen molar-refractivity contribution in [3.05, 3.63) is 17.3 Å². The van der Waals surface area contributed by atoms with Gasteiger partial charge in [0.25, 0.3) is 0 Å². The SMILES string of the molecule is CCOC(=O)c1nc(Cl)c2ncn(CC)c2n1. The predicted octanol–water partition coefficient (Wildman–Crippen LogP) is 1.68.